The zero-order chi connectivity index (χ0) is 27.5. The van der Waals surface area contributed by atoms with Gasteiger partial charge in [0, 0.05) is 0 Å². The van der Waals surface area contributed by atoms with E-state index in [1.54, 1.807) is 0 Å². The smallest absolute Gasteiger partial charge is 0.219 e. The molecule has 208 valence electrons. The number of benzene rings is 4. The zero-order valence-corrected chi connectivity index (χ0v) is 22.5. The molecule has 0 spiro atoms. The molecule has 4 aromatic carbocycles. The number of ether oxygens (including phenoxy) is 5. The summed E-state index contributed by atoms with van der Waals surface area (Å²) >= 11 is 0. The molecular formula is C34H36O6. The van der Waals surface area contributed by atoms with Crippen LogP contribution in [0.4, 0.5) is 0 Å². The fraction of sp³-hybridized carbons (Fsp3) is 0.294. The van der Waals surface area contributed by atoms with Crippen molar-refractivity contribution in [3.63, 3.8) is 0 Å². The third-order valence-corrected chi connectivity index (χ3v) is 6.84. The first-order valence-electron chi connectivity index (χ1n) is 13.6. The van der Waals surface area contributed by atoms with Gasteiger partial charge < -0.3 is 28.8 Å². The average molecular weight is 541 g/mol. The van der Waals surface area contributed by atoms with E-state index in [-0.39, 0.29) is 13.2 Å². The van der Waals surface area contributed by atoms with Crippen LogP contribution in [-0.4, -0.2) is 42.4 Å². The van der Waals surface area contributed by atoms with Crippen LogP contribution in [-0.2, 0) is 50.1 Å². The van der Waals surface area contributed by atoms with Gasteiger partial charge in [-0.1, -0.05) is 121 Å². The molecule has 1 aliphatic heterocycles. The number of rotatable bonds is 14. The standard InChI is InChI=1S/C34H36O6/c35-34(26-37-22-28-15-7-2-8-16-28)33(39-24-30-19-11-4-12-20-30)32(38-23-29-17-9-3-10-18-29)31(40-34)25-36-21-27-13-5-1-6-14-27/h1-20,31-33,35H,21-26H2/t31-,32-,33-,34-/m1/s1. The van der Waals surface area contributed by atoms with Crippen molar-refractivity contribution in [1.82, 2.24) is 0 Å². The van der Waals surface area contributed by atoms with E-state index in [4.69, 9.17) is 23.7 Å². The van der Waals surface area contributed by atoms with E-state index in [0.29, 0.717) is 26.4 Å². The van der Waals surface area contributed by atoms with Gasteiger partial charge >= 0.3 is 0 Å². The van der Waals surface area contributed by atoms with E-state index >= 15 is 0 Å². The first-order chi connectivity index (χ1) is 19.7. The van der Waals surface area contributed by atoms with Crippen LogP contribution in [0.3, 0.4) is 0 Å². The van der Waals surface area contributed by atoms with Gasteiger partial charge in [0.1, 0.15) is 24.9 Å². The first kappa shape index (κ1) is 28.2. The topological polar surface area (TPSA) is 66.4 Å². The van der Waals surface area contributed by atoms with Crippen LogP contribution in [0, 0.1) is 0 Å². The van der Waals surface area contributed by atoms with Gasteiger partial charge in [0.25, 0.3) is 0 Å². The zero-order valence-electron chi connectivity index (χ0n) is 22.5. The maximum absolute atomic E-state index is 11.9. The number of aliphatic hydroxyl groups is 1. The predicted molar refractivity (Wildman–Crippen MR) is 152 cm³/mol. The third kappa shape index (κ3) is 7.86. The molecule has 6 nitrogen and oxygen atoms in total. The lowest BCUT2D eigenvalue weighted by molar-refractivity contribution is -0.267. The summed E-state index contributed by atoms with van der Waals surface area (Å²) in [6.07, 6.45) is -1.97. The molecule has 1 saturated heterocycles. The Morgan fingerprint density at radius 3 is 1.48 bits per heavy atom. The van der Waals surface area contributed by atoms with Crippen molar-refractivity contribution in [1.29, 1.82) is 0 Å². The van der Waals surface area contributed by atoms with Crippen LogP contribution < -0.4 is 0 Å². The largest absolute Gasteiger partial charge is 0.374 e. The van der Waals surface area contributed by atoms with Gasteiger partial charge in [0.2, 0.25) is 5.79 Å². The summed E-state index contributed by atoms with van der Waals surface area (Å²) in [6.45, 7) is 1.53. The molecule has 40 heavy (non-hydrogen) atoms. The molecule has 0 aliphatic carbocycles. The van der Waals surface area contributed by atoms with Crippen LogP contribution in [0.1, 0.15) is 22.3 Å². The van der Waals surface area contributed by atoms with Crippen molar-refractivity contribution in [2.45, 2.75) is 50.5 Å². The van der Waals surface area contributed by atoms with Crippen LogP contribution in [0.25, 0.3) is 0 Å². The molecular weight excluding hydrogens is 504 g/mol. The summed E-state index contributed by atoms with van der Waals surface area (Å²) in [7, 11) is 0. The molecule has 4 atom stereocenters. The second-order valence-corrected chi connectivity index (χ2v) is 9.96. The molecule has 0 amide bonds. The van der Waals surface area contributed by atoms with Gasteiger partial charge in [-0.05, 0) is 22.3 Å². The van der Waals surface area contributed by atoms with Crippen molar-refractivity contribution in [3.8, 4) is 0 Å². The monoisotopic (exact) mass is 540 g/mol. The van der Waals surface area contributed by atoms with Gasteiger partial charge in [-0.2, -0.15) is 0 Å². The Morgan fingerprint density at radius 2 is 0.975 bits per heavy atom. The highest BCUT2D eigenvalue weighted by Gasteiger charge is 2.56. The highest BCUT2D eigenvalue weighted by atomic mass is 16.7. The van der Waals surface area contributed by atoms with Crippen molar-refractivity contribution in [2.24, 2.45) is 0 Å². The van der Waals surface area contributed by atoms with Gasteiger partial charge in [-0.3, -0.25) is 0 Å². The molecule has 1 aliphatic rings. The Kier molecular flexibility index (Phi) is 10.1. The third-order valence-electron chi connectivity index (χ3n) is 6.84. The summed E-state index contributed by atoms with van der Waals surface area (Å²) in [5.74, 6) is -1.73. The first-order valence-corrected chi connectivity index (χ1v) is 13.6. The Bertz CT molecular complexity index is 1250. The lowest BCUT2D eigenvalue weighted by atomic mass is 10.0. The second-order valence-electron chi connectivity index (χ2n) is 9.96. The SMILES string of the molecule is O[C@]1(COCc2ccccc2)O[C@H](COCc2ccccc2)[C@@H](OCc2ccccc2)[C@H]1OCc1ccccc1. The molecule has 5 rings (SSSR count). The highest BCUT2D eigenvalue weighted by Crippen LogP contribution is 2.36. The maximum atomic E-state index is 11.9. The van der Waals surface area contributed by atoms with Crippen LogP contribution >= 0.6 is 0 Å². The van der Waals surface area contributed by atoms with Crippen LogP contribution in [0.5, 0.6) is 0 Å². The summed E-state index contributed by atoms with van der Waals surface area (Å²) in [6, 6.07) is 39.6. The minimum absolute atomic E-state index is 0.0816. The van der Waals surface area contributed by atoms with Gasteiger partial charge in [0.05, 0.1) is 33.0 Å². The van der Waals surface area contributed by atoms with Crippen molar-refractivity contribution >= 4 is 0 Å². The molecule has 1 heterocycles. The summed E-state index contributed by atoms with van der Waals surface area (Å²) in [5.41, 5.74) is 4.07. The molecule has 0 saturated carbocycles. The maximum Gasteiger partial charge on any atom is 0.219 e. The molecule has 0 aromatic heterocycles. The Morgan fingerprint density at radius 1 is 0.550 bits per heavy atom. The van der Waals surface area contributed by atoms with E-state index in [0.717, 1.165) is 22.3 Å². The Labute approximate surface area is 236 Å². The van der Waals surface area contributed by atoms with Gasteiger partial charge in [0.15, 0.2) is 0 Å². The molecule has 1 fully saturated rings. The van der Waals surface area contributed by atoms with E-state index < -0.39 is 24.1 Å². The molecule has 0 unspecified atom stereocenters. The lowest BCUT2D eigenvalue weighted by Gasteiger charge is -2.30. The van der Waals surface area contributed by atoms with E-state index in [9.17, 15) is 5.11 Å². The Hall–Kier alpha value is -3.36. The molecule has 0 bridgehead atoms. The quantitative estimate of drug-likeness (QED) is 0.222. The number of hydrogen-bond acceptors (Lipinski definition) is 6. The van der Waals surface area contributed by atoms with Crippen molar-refractivity contribution < 1.29 is 28.8 Å². The normalized spacial score (nSPS) is 22.4. The predicted octanol–water partition coefficient (Wildman–Crippen LogP) is 5.68. The summed E-state index contributed by atoms with van der Waals surface area (Å²) < 4.78 is 31.1. The minimum atomic E-state index is -1.73. The Balaban J connectivity index is 1.33. The number of hydrogen-bond donors (Lipinski definition) is 1. The van der Waals surface area contributed by atoms with Crippen LogP contribution in [0.15, 0.2) is 121 Å². The minimum Gasteiger partial charge on any atom is -0.374 e. The van der Waals surface area contributed by atoms with Gasteiger partial charge in [-0.25, -0.2) is 0 Å². The molecule has 0 radical (unpaired) electrons. The van der Waals surface area contributed by atoms with E-state index in [1.807, 2.05) is 121 Å². The lowest BCUT2D eigenvalue weighted by Crippen LogP contribution is -2.49. The van der Waals surface area contributed by atoms with Crippen LogP contribution in [0.2, 0.25) is 0 Å². The molecule has 6 heteroatoms. The fourth-order valence-electron chi connectivity index (χ4n) is 4.80. The summed E-state index contributed by atoms with van der Waals surface area (Å²) in [5, 5.41) is 11.9. The van der Waals surface area contributed by atoms with Crippen molar-refractivity contribution in [3.05, 3.63) is 144 Å². The van der Waals surface area contributed by atoms with E-state index in [1.165, 1.54) is 0 Å². The molecule has 1 N–H and O–H groups in total. The fourth-order valence-corrected chi connectivity index (χ4v) is 4.80. The second kappa shape index (κ2) is 14.3. The van der Waals surface area contributed by atoms with Gasteiger partial charge in [-0.15, -0.1) is 0 Å². The average Bonchev–Trinajstić information content (AvgIpc) is 3.27. The summed E-state index contributed by atoms with van der Waals surface area (Å²) in [4.78, 5) is 0. The molecule has 4 aromatic rings. The van der Waals surface area contributed by atoms with Crippen molar-refractivity contribution in [2.75, 3.05) is 13.2 Å². The van der Waals surface area contributed by atoms with E-state index in [2.05, 4.69) is 0 Å². The highest BCUT2D eigenvalue weighted by molar-refractivity contribution is 5.16.